The fourth-order valence-electron chi connectivity index (χ4n) is 1.14. The fraction of sp³-hybridized carbons (Fsp3) is 0.364. The van der Waals surface area contributed by atoms with Crippen molar-refractivity contribution in [1.82, 2.24) is 0 Å². The number of nitrogens with zero attached hydrogens (tertiary/aromatic N) is 1. The van der Waals surface area contributed by atoms with Gasteiger partial charge in [0.1, 0.15) is 14.1 Å². The van der Waals surface area contributed by atoms with Crippen LogP contribution >= 0.6 is 0 Å². The predicted octanol–water partition coefficient (Wildman–Crippen LogP) is 1.94. The summed E-state index contributed by atoms with van der Waals surface area (Å²) in [7, 11) is 4.07. The molecule has 0 aliphatic heterocycles. The van der Waals surface area contributed by atoms with E-state index in [0.717, 1.165) is 6.42 Å². The summed E-state index contributed by atoms with van der Waals surface area (Å²) in [6.07, 6.45) is 3.22. The van der Waals surface area contributed by atoms with E-state index in [0.29, 0.717) is 0 Å². The maximum Gasteiger partial charge on any atom is 0.170 e. The highest BCUT2D eigenvalue weighted by molar-refractivity contribution is 5.75. The van der Waals surface area contributed by atoms with Crippen LogP contribution in [0.25, 0.3) is 0 Å². The van der Waals surface area contributed by atoms with Gasteiger partial charge in [0.05, 0.1) is 0 Å². The van der Waals surface area contributed by atoms with E-state index in [9.17, 15) is 0 Å². The number of aryl methyl sites for hydroxylation is 1. The van der Waals surface area contributed by atoms with Crippen molar-refractivity contribution in [1.29, 1.82) is 0 Å². The molecule has 1 aromatic carbocycles. The minimum absolute atomic E-state index is 1.11. The van der Waals surface area contributed by atoms with E-state index < -0.39 is 0 Å². The van der Waals surface area contributed by atoms with E-state index in [1.165, 1.54) is 11.1 Å². The highest BCUT2D eigenvalue weighted by Gasteiger charge is 1.92. The van der Waals surface area contributed by atoms with Crippen molar-refractivity contribution in [2.75, 3.05) is 14.1 Å². The lowest BCUT2D eigenvalue weighted by atomic mass is 10.1. The average molecular weight is 162 g/mol. The molecule has 1 heteroatoms. The third kappa shape index (κ3) is 2.50. The average Bonchev–Trinajstić information content (AvgIpc) is 2.05. The zero-order chi connectivity index (χ0) is 8.97. The van der Waals surface area contributed by atoms with Crippen LogP contribution in [-0.2, 0) is 6.42 Å². The van der Waals surface area contributed by atoms with Gasteiger partial charge in [-0.05, 0) is 24.1 Å². The van der Waals surface area contributed by atoms with Crippen LogP contribution in [0.5, 0.6) is 0 Å². The maximum atomic E-state index is 2.18. The number of rotatable bonds is 2. The zero-order valence-electron chi connectivity index (χ0n) is 8.04. The molecular formula is C11H16N+. The Kier molecular flexibility index (Phi) is 3.03. The molecule has 0 spiro atoms. The van der Waals surface area contributed by atoms with Gasteiger partial charge in [0.15, 0.2) is 6.21 Å². The molecule has 0 atom stereocenters. The molecule has 1 nitrogen and oxygen atoms in total. The zero-order valence-corrected chi connectivity index (χ0v) is 8.04. The van der Waals surface area contributed by atoms with Gasteiger partial charge in [-0.25, -0.2) is 4.58 Å². The van der Waals surface area contributed by atoms with Crippen LogP contribution in [0.4, 0.5) is 0 Å². The minimum Gasteiger partial charge on any atom is -0.241 e. The van der Waals surface area contributed by atoms with E-state index in [1.54, 1.807) is 0 Å². The molecule has 0 fully saturated rings. The van der Waals surface area contributed by atoms with Crippen molar-refractivity contribution in [2.24, 2.45) is 0 Å². The van der Waals surface area contributed by atoms with Crippen molar-refractivity contribution in [3.8, 4) is 0 Å². The molecule has 0 saturated carbocycles. The summed E-state index contributed by atoms with van der Waals surface area (Å²) in [6.45, 7) is 2.17. The van der Waals surface area contributed by atoms with E-state index in [2.05, 4.69) is 42.0 Å². The van der Waals surface area contributed by atoms with E-state index in [1.807, 2.05) is 14.1 Å². The van der Waals surface area contributed by atoms with Crippen molar-refractivity contribution >= 4 is 6.21 Å². The molecule has 1 aromatic rings. The second-order valence-corrected chi connectivity index (χ2v) is 3.19. The van der Waals surface area contributed by atoms with Gasteiger partial charge in [0.2, 0.25) is 0 Å². The Morgan fingerprint density at radius 2 is 1.75 bits per heavy atom. The normalized spacial score (nSPS) is 9.58. The Morgan fingerprint density at radius 3 is 2.17 bits per heavy atom. The summed E-state index contributed by atoms with van der Waals surface area (Å²) in [5, 5.41) is 0. The molecule has 0 heterocycles. The SMILES string of the molecule is CCc1ccc(C=[N+](C)C)cc1. The van der Waals surface area contributed by atoms with Crippen LogP contribution in [0.1, 0.15) is 18.1 Å². The summed E-state index contributed by atoms with van der Waals surface area (Å²) in [4.78, 5) is 0. The standard InChI is InChI=1S/C11H16N/c1-4-10-5-7-11(8-6-10)9-12(2)3/h5-9H,4H2,1-3H3/q+1. The third-order valence-electron chi connectivity index (χ3n) is 1.80. The molecular weight excluding hydrogens is 146 g/mol. The molecule has 0 N–H and O–H groups in total. The summed E-state index contributed by atoms with van der Waals surface area (Å²) >= 11 is 0. The highest BCUT2D eigenvalue weighted by Crippen LogP contribution is 2.02. The molecule has 0 saturated heterocycles. The van der Waals surface area contributed by atoms with Crippen LogP contribution in [0, 0.1) is 0 Å². The van der Waals surface area contributed by atoms with Gasteiger partial charge >= 0.3 is 0 Å². The van der Waals surface area contributed by atoms with Gasteiger partial charge < -0.3 is 0 Å². The Balaban J connectivity index is 2.85. The third-order valence-corrected chi connectivity index (χ3v) is 1.80. The molecule has 0 aliphatic carbocycles. The van der Waals surface area contributed by atoms with Crippen molar-refractivity contribution in [3.63, 3.8) is 0 Å². The Bertz CT molecular complexity index is 266. The van der Waals surface area contributed by atoms with Crippen LogP contribution < -0.4 is 0 Å². The minimum atomic E-state index is 1.11. The molecule has 64 valence electrons. The lowest BCUT2D eigenvalue weighted by molar-refractivity contribution is -0.458. The van der Waals surface area contributed by atoms with Crippen LogP contribution in [0.3, 0.4) is 0 Å². The smallest absolute Gasteiger partial charge is 0.170 e. The lowest BCUT2D eigenvalue weighted by Crippen LogP contribution is -1.99. The molecule has 1 rings (SSSR count). The first-order valence-corrected chi connectivity index (χ1v) is 4.32. The summed E-state index contributed by atoms with van der Waals surface area (Å²) in [6, 6.07) is 8.66. The molecule has 0 radical (unpaired) electrons. The molecule has 0 unspecified atom stereocenters. The van der Waals surface area contributed by atoms with Gasteiger partial charge in [0, 0.05) is 5.56 Å². The number of hydrogen-bond acceptors (Lipinski definition) is 0. The Hall–Kier alpha value is -1.11. The van der Waals surface area contributed by atoms with Gasteiger partial charge in [-0.2, -0.15) is 0 Å². The van der Waals surface area contributed by atoms with Crippen molar-refractivity contribution in [2.45, 2.75) is 13.3 Å². The molecule has 0 amide bonds. The van der Waals surface area contributed by atoms with Crippen LogP contribution in [-0.4, -0.2) is 24.9 Å². The summed E-state index contributed by atoms with van der Waals surface area (Å²) < 4.78 is 2.06. The lowest BCUT2D eigenvalue weighted by Gasteiger charge is -1.95. The fourth-order valence-corrected chi connectivity index (χ4v) is 1.14. The molecule has 0 bridgehead atoms. The van der Waals surface area contributed by atoms with E-state index >= 15 is 0 Å². The Labute approximate surface area is 74.4 Å². The molecule has 0 aromatic heterocycles. The van der Waals surface area contributed by atoms with Crippen LogP contribution in [0.15, 0.2) is 24.3 Å². The highest BCUT2D eigenvalue weighted by atomic mass is 14.9. The van der Waals surface area contributed by atoms with Crippen LogP contribution in [0.2, 0.25) is 0 Å². The number of hydrogen-bond donors (Lipinski definition) is 0. The first-order valence-electron chi connectivity index (χ1n) is 4.32. The van der Waals surface area contributed by atoms with Gasteiger partial charge in [0.25, 0.3) is 0 Å². The van der Waals surface area contributed by atoms with Crippen molar-refractivity contribution < 1.29 is 4.58 Å². The first-order chi connectivity index (χ1) is 5.72. The molecule has 12 heavy (non-hydrogen) atoms. The summed E-state index contributed by atoms with van der Waals surface area (Å²) in [5.41, 5.74) is 2.66. The largest absolute Gasteiger partial charge is 0.241 e. The van der Waals surface area contributed by atoms with Gasteiger partial charge in [-0.1, -0.05) is 19.1 Å². The maximum absolute atomic E-state index is 2.18. The Morgan fingerprint density at radius 1 is 1.17 bits per heavy atom. The molecule has 0 aliphatic rings. The second-order valence-electron chi connectivity index (χ2n) is 3.19. The van der Waals surface area contributed by atoms with E-state index in [-0.39, 0.29) is 0 Å². The second kappa shape index (κ2) is 4.05. The quantitative estimate of drug-likeness (QED) is 0.462. The van der Waals surface area contributed by atoms with E-state index in [4.69, 9.17) is 0 Å². The van der Waals surface area contributed by atoms with Crippen molar-refractivity contribution in [3.05, 3.63) is 35.4 Å². The van der Waals surface area contributed by atoms with Gasteiger partial charge in [-0.3, -0.25) is 0 Å². The predicted molar refractivity (Wildman–Crippen MR) is 53.1 cm³/mol. The monoisotopic (exact) mass is 162 g/mol. The first kappa shape index (κ1) is 8.98. The summed E-state index contributed by atoms with van der Waals surface area (Å²) in [5.74, 6) is 0. The topological polar surface area (TPSA) is 3.01 Å². The number of benzene rings is 1. The van der Waals surface area contributed by atoms with Gasteiger partial charge in [-0.15, -0.1) is 0 Å².